The van der Waals surface area contributed by atoms with Gasteiger partial charge in [0.15, 0.2) is 0 Å². The van der Waals surface area contributed by atoms with E-state index in [9.17, 15) is 0 Å². The molecule has 4 heteroatoms. The molecular weight excluding hydrogens is 371 g/mol. The van der Waals surface area contributed by atoms with Crippen LogP contribution in [0.5, 0.6) is 0 Å². The molecule has 1 aromatic carbocycles. The molecule has 0 spiro atoms. The number of hydrogen-bond donors (Lipinski definition) is 0. The van der Waals surface area contributed by atoms with Crippen molar-refractivity contribution in [2.24, 2.45) is 0 Å². The molecule has 0 N–H and O–H groups in total. The summed E-state index contributed by atoms with van der Waals surface area (Å²) in [7, 11) is 0. The Kier molecular flexibility index (Phi) is 4.11. The number of aryl methyl sites for hydroxylation is 1. The number of thiophene rings is 1. The van der Waals surface area contributed by atoms with Crippen LogP contribution in [0.15, 0.2) is 34.1 Å². The molecule has 0 radical (unpaired) electrons. The van der Waals surface area contributed by atoms with E-state index in [-0.39, 0.29) is 4.83 Å². The van der Waals surface area contributed by atoms with Crippen molar-refractivity contribution in [3.8, 4) is 0 Å². The molecule has 16 heavy (non-hydrogen) atoms. The van der Waals surface area contributed by atoms with Gasteiger partial charge >= 0.3 is 0 Å². The molecule has 2 aromatic rings. The van der Waals surface area contributed by atoms with E-state index in [4.69, 9.17) is 11.6 Å². The molecule has 1 atom stereocenters. The van der Waals surface area contributed by atoms with Crippen molar-refractivity contribution in [2.45, 2.75) is 11.8 Å². The van der Waals surface area contributed by atoms with Gasteiger partial charge in [-0.2, -0.15) is 0 Å². The van der Waals surface area contributed by atoms with Crippen molar-refractivity contribution in [1.29, 1.82) is 0 Å². The molecule has 0 aliphatic heterocycles. The number of halogens is 3. The maximum atomic E-state index is 6.14. The molecule has 2 rings (SSSR count). The monoisotopic (exact) mass is 378 g/mol. The van der Waals surface area contributed by atoms with Gasteiger partial charge < -0.3 is 0 Å². The predicted octanol–water partition coefficient (Wildman–Crippen LogP) is 5.96. The second kappa shape index (κ2) is 5.21. The first-order valence-corrected chi connectivity index (χ1v) is 7.70. The maximum Gasteiger partial charge on any atom is 0.0763 e. The highest BCUT2D eigenvalue weighted by atomic mass is 79.9. The van der Waals surface area contributed by atoms with Gasteiger partial charge in [-0.15, -0.1) is 11.3 Å². The third-order valence-electron chi connectivity index (χ3n) is 2.37. The van der Waals surface area contributed by atoms with Crippen molar-refractivity contribution in [3.05, 3.63) is 55.1 Å². The van der Waals surface area contributed by atoms with E-state index in [0.29, 0.717) is 0 Å². The summed E-state index contributed by atoms with van der Waals surface area (Å²) in [5.74, 6) is 0. The van der Waals surface area contributed by atoms with Gasteiger partial charge in [-0.1, -0.05) is 61.7 Å². The van der Waals surface area contributed by atoms with Gasteiger partial charge in [-0.25, -0.2) is 0 Å². The van der Waals surface area contributed by atoms with E-state index in [0.717, 1.165) is 14.4 Å². The van der Waals surface area contributed by atoms with Gasteiger partial charge in [-0.05, 0) is 29.5 Å². The van der Waals surface area contributed by atoms with Crippen LogP contribution >= 0.6 is 54.8 Å². The highest BCUT2D eigenvalue weighted by molar-refractivity contribution is 9.11. The van der Waals surface area contributed by atoms with Crippen molar-refractivity contribution >= 4 is 54.8 Å². The summed E-state index contributed by atoms with van der Waals surface area (Å²) in [5.41, 5.74) is 2.44. The summed E-state index contributed by atoms with van der Waals surface area (Å²) in [5, 5.41) is 2.83. The average Bonchev–Trinajstić information content (AvgIpc) is 2.68. The number of benzene rings is 1. The van der Waals surface area contributed by atoms with Gasteiger partial charge in [0.2, 0.25) is 0 Å². The Morgan fingerprint density at radius 2 is 2.06 bits per heavy atom. The fraction of sp³-hybridized carbons (Fsp3) is 0.167. The molecule has 84 valence electrons. The van der Waals surface area contributed by atoms with Gasteiger partial charge in [0, 0.05) is 9.35 Å². The summed E-state index contributed by atoms with van der Waals surface area (Å²) in [6, 6.07) is 8.18. The zero-order valence-corrected chi connectivity index (χ0v) is 13.3. The van der Waals surface area contributed by atoms with Gasteiger partial charge in [-0.3, -0.25) is 0 Å². The van der Waals surface area contributed by atoms with E-state index in [1.165, 1.54) is 11.1 Å². The van der Waals surface area contributed by atoms with Gasteiger partial charge in [0.25, 0.3) is 0 Å². The maximum absolute atomic E-state index is 6.14. The number of alkyl halides is 1. The second-order valence-electron chi connectivity index (χ2n) is 3.47. The van der Waals surface area contributed by atoms with Crippen LogP contribution in [0.4, 0.5) is 0 Å². The Hall–Kier alpha value is 0.170. The van der Waals surface area contributed by atoms with Crippen LogP contribution in [-0.4, -0.2) is 0 Å². The van der Waals surface area contributed by atoms with Crippen LogP contribution in [0.25, 0.3) is 0 Å². The molecule has 0 saturated heterocycles. The van der Waals surface area contributed by atoms with Crippen LogP contribution in [0, 0.1) is 6.92 Å². The van der Waals surface area contributed by atoms with Crippen LogP contribution < -0.4 is 0 Å². The molecule has 1 unspecified atom stereocenters. The summed E-state index contributed by atoms with van der Waals surface area (Å²) in [6.07, 6.45) is 0. The first kappa shape index (κ1) is 12.6. The van der Waals surface area contributed by atoms with Gasteiger partial charge in [0.1, 0.15) is 0 Å². The molecule has 1 heterocycles. The highest BCUT2D eigenvalue weighted by Crippen LogP contribution is 2.41. The fourth-order valence-corrected chi connectivity index (χ4v) is 4.54. The predicted molar refractivity (Wildman–Crippen MR) is 79.0 cm³/mol. The smallest absolute Gasteiger partial charge is 0.0763 e. The first-order valence-electron chi connectivity index (χ1n) is 4.73. The van der Waals surface area contributed by atoms with E-state index in [1.807, 2.05) is 11.4 Å². The third-order valence-corrected chi connectivity index (χ3v) is 6.13. The molecule has 0 nitrogen and oxygen atoms in total. The van der Waals surface area contributed by atoms with Crippen molar-refractivity contribution < 1.29 is 0 Å². The quantitative estimate of drug-likeness (QED) is 0.564. The lowest BCUT2D eigenvalue weighted by atomic mass is 10.1. The lowest BCUT2D eigenvalue weighted by Crippen LogP contribution is -1.93. The number of hydrogen-bond acceptors (Lipinski definition) is 1. The minimum atomic E-state index is 0.147. The van der Waals surface area contributed by atoms with Crippen molar-refractivity contribution in [3.63, 3.8) is 0 Å². The summed E-state index contributed by atoms with van der Waals surface area (Å²) >= 11 is 15.1. The van der Waals surface area contributed by atoms with Gasteiger partial charge in [0.05, 0.1) is 9.85 Å². The minimum absolute atomic E-state index is 0.147. The standard InChI is InChI=1S/C12H9Br2ClS/c1-7-3-2-4-8(10(7)13)11(14)12-9(15)5-6-16-12/h2-6,11H,1H3. The fourth-order valence-electron chi connectivity index (χ4n) is 1.49. The summed E-state index contributed by atoms with van der Waals surface area (Å²) in [6.45, 7) is 2.09. The Labute approximate surface area is 121 Å². The van der Waals surface area contributed by atoms with Crippen molar-refractivity contribution in [1.82, 2.24) is 0 Å². The van der Waals surface area contributed by atoms with E-state index >= 15 is 0 Å². The highest BCUT2D eigenvalue weighted by Gasteiger charge is 2.18. The molecule has 0 aliphatic rings. The Morgan fingerprint density at radius 3 is 2.69 bits per heavy atom. The van der Waals surface area contributed by atoms with Crippen LogP contribution in [0.1, 0.15) is 20.8 Å². The number of rotatable bonds is 2. The SMILES string of the molecule is Cc1cccc(C(Br)c2sccc2Cl)c1Br. The summed E-state index contributed by atoms with van der Waals surface area (Å²) < 4.78 is 1.14. The molecule has 0 amide bonds. The van der Waals surface area contributed by atoms with E-state index in [1.54, 1.807) is 11.3 Å². The molecular formula is C12H9Br2ClS. The first-order chi connectivity index (χ1) is 7.61. The van der Waals surface area contributed by atoms with Crippen LogP contribution in [0.3, 0.4) is 0 Å². The average molecular weight is 381 g/mol. The van der Waals surface area contributed by atoms with Crippen molar-refractivity contribution in [2.75, 3.05) is 0 Å². The normalized spacial score (nSPS) is 12.8. The topological polar surface area (TPSA) is 0 Å². The zero-order valence-electron chi connectivity index (χ0n) is 8.51. The molecule has 0 bridgehead atoms. The third kappa shape index (κ3) is 2.37. The zero-order chi connectivity index (χ0) is 11.7. The lowest BCUT2D eigenvalue weighted by molar-refractivity contribution is 1.19. The van der Waals surface area contributed by atoms with E-state index in [2.05, 4.69) is 57.0 Å². The Bertz CT molecular complexity index is 507. The second-order valence-corrected chi connectivity index (χ2v) is 6.54. The van der Waals surface area contributed by atoms with E-state index < -0.39 is 0 Å². The molecule has 0 aliphatic carbocycles. The minimum Gasteiger partial charge on any atom is -0.146 e. The Balaban J connectivity index is 2.46. The largest absolute Gasteiger partial charge is 0.146 e. The molecule has 1 aromatic heterocycles. The summed E-state index contributed by atoms with van der Waals surface area (Å²) in [4.78, 5) is 1.29. The Morgan fingerprint density at radius 1 is 1.31 bits per heavy atom. The van der Waals surface area contributed by atoms with Crippen LogP contribution in [0.2, 0.25) is 5.02 Å². The molecule has 0 saturated carbocycles. The molecule has 0 fully saturated rings. The van der Waals surface area contributed by atoms with Crippen LogP contribution in [-0.2, 0) is 0 Å². The lowest BCUT2D eigenvalue weighted by Gasteiger charge is -2.12.